The standard InChI is InChI=1S/C18H21NO/c1-12(2)18-15-6-4-5-13(15)7-8-16(18)14-9-10-19-17(11-14)20-3/h7-12H,4-6H2,1-3H3. The molecule has 1 aromatic heterocycles. The van der Waals surface area contributed by atoms with Gasteiger partial charge < -0.3 is 4.74 Å². The van der Waals surface area contributed by atoms with Gasteiger partial charge in [-0.3, -0.25) is 0 Å². The Morgan fingerprint density at radius 2 is 2.00 bits per heavy atom. The Bertz CT molecular complexity index is 631. The monoisotopic (exact) mass is 267 g/mol. The van der Waals surface area contributed by atoms with Crippen molar-refractivity contribution in [2.45, 2.75) is 39.0 Å². The molecule has 20 heavy (non-hydrogen) atoms. The lowest BCUT2D eigenvalue weighted by Gasteiger charge is -2.18. The Hall–Kier alpha value is -1.83. The Morgan fingerprint density at radius 1 is 1.15 bits per heavy atom. The fourth-order valence-electron chi connectivity index (χ4n) is 3.29. The summed E-state index contributed by atoms with van der Waals surface area (Å²) in [5.74, 6) is 1.22. The topological polar surface area (TPSA) is 22.1 Å². The van der Waals surface area contributed by atoms with Gasteiger partial charge in [-0.25, -0.2) is 4.98 Å². The molecule has 0 unspecified atom stereocenters. The van der Waals surface area contributed by atoms with E-state index in [2.05, 4.69) is 37.0 Å². The average Bonchev–Trinajstić information content (AvgIpc) is 2.94. The maximum Gasteiger partial charge on any atom is 0.213 e. The summed E-state index contributed by atoms with van der Waals surface area (Å²) in [6.45, 7) is 4.58. The molecule has 1 heterocycles. The third kappa shape index (κ3) is 2.20. The highest BCUT2D eigenvalue weighted by Gasteiger charge is 2.20. The number of pyridine rings is 1. The number of hydrogen-bond acceptors (Lipinski definition) is 2. The maximum atomic E-state index is 5.26. The van der Waals surface area contributed by atoms with Crippen LogP contribution in [-0.4, -0.2) is 12.1 Å². The molecule has 0 saturated carbocycles. The number of aromatic nitrogens is 1. The van der Waals surface area contributed by atoms with Crippen molar-refractivity contribution in [3.05, 3.63) is 47.2 Å². The second-order valence-corrected chi connectivity index (χ2v) is 5.76. The van der Waals surface area contributed by atoms with E-state index in [4.69, 9.17) is 4.74 Å². The maximum absolute atomic E-state index is 5.26. The van der Waals surface area contributed by atoms with Gasteiger partial charge >= 0.3 is 0 Å². The van der Waals surface area contributed by atoms with Gasteiger partial charge in [0.15, 0.2) is 0 Å². The van der Waals surface area contributed by atoms with Gasteiger partial charge in [-0.2, -0.15) is 0 Å². The number of rotatable bonds is 3. The first-order chi connectivity index (χ1) is 9.70. The van der Waals surface area contributed by atoms with Gasteiger partial charge in [0.1, 0.15) is 0 Å². The number of fused-ring (bicyclic) bond motifs is 1. The highest BCUT2D eigenvalue weighted by molar-refractivity contribution is 5.71. The molecule has 3 rings (SSSR count). The van der Waals surface area contributed by atoms with Gasteiger partial charge in [0.2, 0.25) is 5.88 Å². The summed E-state index contributed by atoms with van der Waals surface area (Å²) in [5, 5.41) is 0. The molecule has 2 heteroatoms. The summed E-state index contributed by atoms with van der Waals surface area (Å²) in [6, 6.07) is 8.68. The van der Waals surface area contributed by atoms with Crippen LogP contribution < -0.4 is 4.74 Å². The number of ether oxygens (including phenoxy) is 1. The average molecular weight is 267 g/mol. The number of methoxy groups -OCH3 is 1. The van der Waals surface area contributed by atoms with Gasteiger partial charge in [-0.1, -0.05) is 26.0 Å². The summed E-state index contributed by atoms with van der Waals surface area (Å²) in [6.07, 6.45) is 5.57. The predicted octanol–water partition coefficient (Wildman–Crippen LogP) is 4.37. The molecular formula is C18H21NO. The Balaban J connectivity index is 2.18. The molecule has 104 valence electrons. The van der Waals surface area contributed by atoms with E-state index in [0.717, 1.165) is 0 Å². The fourth-order valence-corrected chi connectivity index (χ4v) is 3.29. The summed E-state index contributed by atoms with van der Waals surface area (Å²) >= 11 is 0. The lowest BCUT2D eigenvalue weighted by atomic mass is 9.87. The van der Waals surface area contributed by atoms with E-state index in [9.17, 15) is 0 Å². The molecule has 0 fully saturated rings. The first-order valence-electron chi connectivity index (χ1n) is 7.35. The van der Waals surface area contributed by atoms with Crippen molar-refractivity contribution in [3.8, 4) is 17.0 Å². The molecule has 0 bridgehead atoms. The summed E-state index contributed by atoms with van der Waals surface area (Å²) in [4.78, 5) is 4.21. The lowest BCUT2D eigenvalue weighted by molar-refractivity contribution is 0.398. The van der Waals surface area contributed by atoms with Gasteiger partial charge in [0.05, 0.1) is 7.11 Å². The zero-order valence-corrected chi connectivity index (χ0v) is 12.4. The van der Waals surface area contributed by atoms with Crippen LogP contribution in [0.5, 0.6) is 5.88 Å². The Kier molecular flexibility index (Phi) is 3.47. The molecule has 0 N–H and O–H groups in total. The Morgan fingerprint density at radius 3 is 2.75 bits per heavy atom. The van der Waals surface area contributed by atoms with E-state index < -0.39 is 0 Å². The van der Waals surface area contributed by atoms with Crippen LogP contribution in [0.1, 0.15) is 42.9 Å². The van der Waals surface area contributed by atoms with Crippen LogP contribution in [0.4, 0.5) is 0 Å². The molecule has 0 atom stereocenters. The minimum Gasteiger partial charge on any atom is -0.481 e. The second-order valence-electron chi connectivity index (χ2n) is 5.76. The summed E-state index contributed by atoms with van der Waals surface area (Å²) in [5.41, 5.74) is 7.16. The van der Waals surface area contributed by atoms with Crippen molar-refractivity contribution >= 4 is 0 Å². The molecule has 1 aliphatic rings. The largest absolute Gasteiger partial charge is 0.481 e. The highest BCUT2D eigenvalue weighted by atomic mass is 16.5. The van der Waals surface area contributed by atoms with Crippen molar-refractivity contribution < 1.29 is 4.74 Å². The molecule has 1 aromatic carbocycles. The molecule has 0 radical (unpaired) electrons. The van der Waals surface area contributed by atoms with Crippen LogP contribution in [0.25, 0.3) is 11.1 Å². The van der Waals surface area contributed by atoms with Crippen LogP contribution in [0, 0.1) is 0 Å². The van der Waals surface area contributed by atoms with Gasteiger partial charge in [0, 0.05) is 12.3 Å². The molecule has 0 aliphatic heterocycles. The number of nitrogens with zero attached hydrogens (tertiary/aromatic N) is 1. The van der Waals surface area contributed by atoms with Gasteiger partial charge in [-0.05, 0) is 59.1 Å². The molecule has 2 aromatic rings. The van der Waals surface area contributed by atoms with Crippen molar-refractivity contribution in [2.75, 3.05) is 7.11 Å². The fraction of sp³-hybridized carbons (Fsp3) is 0.389. The summed E-state index contributed by atoms with van der Waals surface area (Å²) in [7, 11) is 1.66. The van der Waals surface area contributed by atoms with Crippen LogP contribution in [-0.2, 0) is 12.8 Å². The minimum atomic E-state index is 0.539. The van der Waals surface area contributed by atoms with Crippen molar-refractivity contribution in [3.63, 3.8) is 0 Å². The smallest absolute Gasteiger partial charge is 0.213 e. The van der Waals surface area contributed by atoms with Crippen LogP contribution in [0.3, 0.4) is 0 Å². The van der Waals surface area contributed by atoms with Crippen LogP contribution in [0.15, 0.2) is 30.5 Å². The number of aryl methyl sites for hydroxylation is 1. The van der Waals surface area contributed by atoms with Gasteiger partial charge in [0.25, 0.3) is 0 Å². The third-order valence-corrected chi connectivity index (χ3v) is 4.16. The minimum absolute atomic E-state index is 0.539. The molecule has 0 spiro atoms. The molecule has 0 saturated heterocycles. The van der Waals surface area contributed by atoms with Gasteiger partial charge in [-0.15, -0.1) is 0 Å². The summed E-state index contributed by atoms with van der Waals surface area (Å²) < 4.78 is 5.26. The van der Waals surface area contributed by atoms with E-state index in [1.54, 1.807) is 18.2 Å². The SMILES string of the molecule is COc1cc(-c2ccc3c(c2C(C)C)CCC3)ccn1. The number of hydrogen-bond donors (Lipinski definition) is 0. The van der Waals surface area contributed by atoms with Crippen molar-refractivity contribution in [2.24, 2.45) is 0 Å². The second kappa shape index (κ2) is 5.28. The molecular weight excluding hydrogens is 246 g/mol. The predicted molar refractivity (Wildman–Crippen MR) is 82.3 cm³/mol. The van der Waals surface area contributed by atoms with E-state index in [-0.39, 0.29) is 0 Å². The zero-order valence-electron chi connectivity index (χ0n) is 12.4. The first-order valence-corrected chi connectivity index (χ1v) is 7.35. The lowest BCUT2D eigenvalue weighted by Crippen LogP contribution is -2.00. The number of benzene rings is 1. The van der Waals surface area contributed by atoms with E-state index in [1.165, 1.54) is 36.0 Å². The Labute approximate surface area is 120 Å². The molecule has 1 aliphatic carbocycles. The normalized spacial score (nSPS) is 13.6. The zero-order chi connectivity index (χ0) is 14.1. The molecule has 2 nitrogen and oxygen atoms in total. The molecule has 0 amide bonds. The quantitative estimate of drug-likeness (QED) is 0.824. The first kappa shape index (κ1) is 13.2. The van der Waals surface area contributed by atoms with E-state index >= 15 is 0 Å². The van der Waals surface area contributed by atoms with E-state index in [0.29, 0.717) is 11.8 Å². The van der Waals surface area contributed by atoms with Crippen molar-refractivity contribution in [1.82, 2.24) is 4.98 Å². The van der Waals surface area contributed by atoms with Crippen LogP contribution in [0.2, 0.25) is 0 Å². The third-order valence-electron chi connectivity index (χ3n) is 4.16. The van der Waals surface area contributed by atoms with Crippen LogP contribution >= 0.6 is 0 Å². The highest BCUT2D eigenvalue weighted by Crippen LogP contribution is 2.38. The van der Waals surface area contributed by atoms with E-state index in [1.807, 2.05) is 12.3 Å². The van der Waals surface area contributed by atoms with Crippen molar-refractivity contribution in [1.29, 1.82) is 0 Å².